The Bertz CT molecular complexity index is 934. The molecule has 1 aliphatic heterocycles. The third-order valence-corrected chi connectivity index (χ3v) is 5.05. The van der Waals surface area contributed by atoms with Crippen molar-refractivity contribution in [2.24, 2.45) is 0 Å². The molecule has 110 valence electrons. The van der Waals surface area contributed by atoms with E-state index in [1.165, 1.54) is 0 Å². The molecule has 0 bridgehead atoms. The van der Waals surface area contributed by atoms with Crippen LogP contribution < -0.4 is 10.3 Å². The third-order valence-electron chi connectivity index (χ3n) is 3.89. The number of fused-ring (bicyclic) bond motifs is 3. The second-order valence-electron chi connectivity index (χ2n) is 5.12. The summed E-state index contributed by atoms with van der Waals surface area (Å²) < 4.78 is 6.98. The summed E-state index contributed by atoms with van der Waals surface area (Å²) in [6.45, 7) is 0. The number of nitrogens with zero attached hydrogens (tertiary/aromatic N) is 2. The summed E-state index contributed by atoms with van der Waals surface area (Å²) in [5, 5.41) is 1.04. The molecule has 0 aliphatic carbocycles. The standard InChI is InChI=1S/C17H14N2O2S/c1-21-12-5-2-4-11(10-12)19-16-13(6-3-8-18-16)15-14(17(19)20)7-9-22-15/h2-6,8,10H,7,9H2,1H3. The molecular formula is C17H14N2O2S. The van der Waals surface area contributed by atoms with Crippen LogP contribution >= 0.6 is 11.8 Å². The summed E-state index contributed by atoms with van der Waals surface area (Å²) in [5.41, 5.74) is 2.41. The molecule has 0 fully saturated rings. The molecule has 0 spiro atoms. The van der Waals surface area contributed by atoms with Gasteiger partial charge in [0, 0.05) is 33.9 Å². The maximum atomic E-state index is 12.9. The smallest absolute Gasteiger partial charge is 0.261 e. The Morgan fingerprint density at radius 2 is 2.18 bits per heavy atom. The number of rotatable bonds is 2. The molecule has 0 atom stereocenters. The number of methoxy groups -OCH3 is 1. The van der Waals surface area contributed by atoms with Gasteiger partial charge in [0.15, 0.2) is 0 Å². The minimum absolute atomic E-state index is 0.0273. The number of aromatic nitrogens is 2. The quantitative estimate of drug-likeness (QED) is 0.730. The molecule has 0 saturated carbocycles. The molecule has 1 aliphatic rings. The van der Waals surface area contributed by atoms with Gasteiger partial charge in [-0.3, -0.25) is 9.36 Å². The maximum Gasteiger partial charge on any atom is 0.261 e. The second kappa shape index (κ2) is 5.18. The summed E-state index contributed by atoms with van der Waals surface area (Å²) >= 11 is 1.75. The first-order valence-electron chi connectivity index (χ1n) is 7.09. The van der Waals surface area contributed by atoms with Crippen LogP contribution in [-0.4, -0.2) is 22.4 Å². The van der Waals surface area contributed by atoms with Crippen molar-refractivity contribution < 1.29 is 4.74 Å². The predicted molar refractivity (Wildman–Crippen MR) is 88.3 cm³/mol. The van der Waals surface area contributed by atoms with Crippen molar-refractivity contribution >= 4 is 22.8 Å². The highest BCUT2D eigenvalue weighted by Crippen LogP contribution is 2.35. The van der Waals surface area contributed by atoms with Crippen molar-refractivity contribution in [2.75, 3.05) is 12.9 Å². The first-order chi connectivity index (χ1) is 10.8. The van der Waals surface area contributed by atoms with Gasteiger partial charge in [-0.05, 0) is 30.7 Å². The highest BCUT2D eigenvalue weighted by atomic mass is 32.2. The molecule has 3 aromatic rings. The molecule has 0 saturated heterocycles. The lowest BCUT2D eigenvalue weighted by Gasteiger charge is -2.13. The van der Waals surface area contributed by atoms with Crippen molar-refractivity contribution in [3.05, 3.63) is 58.5 Å². The average Bonchev–Trinajstić information content (AvgIpc) is 3.06. The van der Waals surface area contributed by atoms with Gasteiger partial charge in [0.1, 0.15) is 11.4 Å². The molecule has 0 amide bonds. The number of hydrogen-bond acceptors (Lipinski definition) is 4. The molecule has 5 heteroatoms. The molecule has 0 unspecified atom stereocenters. The van der Waals surface area contributed by atoms with E-state index >= 15 is 0 Å². The van der Waals surface area contributed by atoms with Crippen LogP contribution in [0.5, 0.6) is 5.75 Å². The number of pyridine rings is 2. The highest BCUT2D eigenvalue weighted by molar-refractivity contribution is 7.99. The Morgan fingerprint density at radius 1 is 1.27 bits per heavy atom. The van der Waals surface area contributed by atoms with Gasteiger partial charge in [-0.2, -0.15) is 0 Å². The summed E-state index contributed by atoms with van der Waals surface area (Å²) in [7, 11) is 1.62. The van der Waals surface area contributed by atoms with Crippen molar-refractivity contribution in [2.45, 2.75) is 11.3 Å². The fourth-order valence-electron chi connectivity index (χ4n) is 2.87. The van der Waals surface area contributed by atoms with Gasteiger partial charge in [0.25, 0.3) is 5.56 Å². The van der Waals surface area contributed by atoms with Gasteiger partial charge in [0.2, 0.25) is 0 Å². The van der Waals surface area contributed by atoms with Crippen LogP contribution in [0.2, 0.25) is 0 Å². The minimum atomic E-state index is 0.0273. The van der Waals surface area contributed by atoms with Gasteiger partial charge >= 0.3 is 0 Å². The summed E-state index contributed by atoms with van der Waals surface area (Å²) in [4.78, 5) is 18.5. The fraction of sp³-hybridized carbons (Fsp3) is 0.176. The van der Waals surface area contributed by atoms with E-state index in [0.717, 1.165) is 39.5 Å². The van der Waals surface area contributed by atoms with E-state index in [2.05, 4.69) is 4.98 Å². The average molecular weight is 310 g/mol. The Balaban J connectivity index is 2.11. The maximum absolute atomic E-state index is 12.9. The molecule has 1 aromatic carbocycles. The van der Waals surface area contributed by atoms with Gasteiger partial charge < -0.3 is 4.74 Å². The molecule has 0 N–H and O–H groups in total. The van der Waals surface area contributed by atoms with Gasteiger partial charge in [0.05, 0.1) is 12.8 Å². The predicted octanol–water partition coefficient (Wildman–Crippen LogP) is 3.04. The number of hydrogen-bond donors (Lipinski definition) is 0. The Hall–Kier alpha value is -2.27. The molecule has 22 heavy (non-hydrogen) atoms. The van der Waals surface area contributed by atoms with Gasteiger partial charge in [-0.25, -0.2) is 4.98 Å². The first-order valence-corrected chi connectivity index (χ1v) is 8.08. The Labute approximate surface area is 131 Å². The van der Waals surface area contributed by atoms with E-state index in [1.807, 2.05) is 36.4 Å². The van der Waals surface area contributed by atoms with E-state index in [1.54, 1.807) is 29.6 Å². The van der Waals surface area contributed by atoms with Crippen LogP contribution in [0.4, 0.5) is 0 Å². The van der Waals surface area contributed by atoms with Crippen LogP contribution in [0.15, 0.2) is 52.3 Å². The highest BCUT2D eigenvalue weighted by Gasteiger charge is 2.22. The van der Waals surface area contributed by atoms with E-state index in [4.69, 9.17) is 4.74 Å². The van der Waals surface area contributed by atoms with Crippen molar-refractivity contribution in [3.63, 3.8) is 0 Å². The van der Waals surface area contributed by atoms with Crippen LogP contribution in [0.1, 0.15) is 5.56 Å². The molecule has 3 heterocycles. The minimum Gasteiger partial charge on any atom is -0.497 e. The second-order valence-corrected chi connectivity index (χ2v) is 6.23. The van der Waals surface area contributed by atoms with E-state index in [0.29, 0.717) is 5.65 Å². The molecule has 4 nitrogen and oxygen atoms in total. The van der Waals surface area contributed by atoms with Crippen LogP contribution in [0.25, 0.3) is 16.7 Å². The lowest BCUT2D eigenvalue weighted by atomic mass is 10.1. The normalized spacial score (nSPS) is 13.3. The largest absolute Gasteiger partial charge is 0.497 e. The van der Waals surface area contributed by atoms with Crippen molar-refractivity contribution in [3.8, 4) is 11.4 Å². The van der Waals surface area contributed by atoms with E-state index in [9.17, 15) is 4.79 Å². The Morgan fingerprint density at radius 3 is 3.05 bits per heavy atom. The zero-order valence-electron chi connectivity index (χ0n) is 12.1. The lowest BCUT2D eigenvalue weighted by molar-refractivity contribution is 0.414. The lowest BCUT2D eigenvalue weighted by Crippen LogP contribution is -2.23. The molecule has 0 radical (unpaired) electrons. The zero-order chi connectivity index (χ0) is 15.1. The third kappa shape index (κ3) is 1.93. The number of thioether (sulfide) groups is 1. The molecular weight excluding hydrogens is 296 g/mol. The molecule has 4 rings (SSSR count). The SMILES string of the molecule is COc1cccc(-n2c(=O)c3c(c4cccnc42)SCC3)c1. The topological polar surface area (TPSA) is 44.1 Å². The van der Waals surface area contributed by atoms with Crippen LogP contribution in [0, 0.1) is 0 Å². The summed E-state index contributed by atoms with van der Waals surface area (Å²) in [6, 6.07) is 11.5. The van der Waals surface area contributed by atoms with Gasteiger partial charge in [-0.1, -0.05) is 6.07 Å². The summed E-state index contributed by atoms with van der Waals surface area (Å²) in [6.07, 6.45) is 2.54. The monoisotopic (exact) mass is 310 g/mol. The number of ether oxygens (including phenoxy) is 1. The van der Waals surface area contributed by atoms with E-state index in [-0.39, 0.29) is 5.56 Å². The van der Waals surface area contributed by atoms with Crippen LogP contribution in [0.3, 0.4) is 0 Å². The fourth-order valence-corrected chi connectivity index (χ4v) is 4.06. The zero-order valence-corrected chi connectivity index (χ0v) is 12.9. The van der Waals surface area contributed by atoms with Crippen LogP contribution in [-0.2, 0) is 6.42 Å². The van der Waals surface area contributed by atoms with Crippen molar-refractivity contribution in [1.29, 1.82) is 0 Å². The van der Waals surface area contributed by atoms with Crippen molar-refractivity contribution in [1.82, 2.24) is 9.55 Å². The Kier molecular flexibility index (Phi) is 3.15. The molecule has 2 aromatic heterocycles. The van der Waals surface area contributed by atoms with E-state index < -0.39 is 0 Å². The first kappa shape index (κ1) is 13.4. The summed E-state index contributed by atoms with van der Waals surface area (Å²) in [5.74, 6) is 1.68. The number of benzene rings is 1. The van der Waals surface area contributed by atoms with Gasteiger partial charge in [-0.15, -0.1) is 11.8 Å².